The SMILES string of the molecule is CO[Si](CCCC(=C=C(CCC[Si](OC)(OC)OC)c1ccccc1)c1ccccc1)(OC)OC. The van der Waals surface area contributed by atoms with Gasteiger partial charge in [0.1, 0.15) is 0 Å². The van der Waals surface area contributed by atoms with Gasteiger partial charge in [-0.05, 0) is 36.8 Å². The molecule has 2 aromatic carbocycles. The highest BCUT2D eigenvalue weighted by Gasteiger charge is 2.37. The van der Waals surface area contributed by atoms with E-state index in [1.54, 1.807) is 42.7 Å². The Morgan fingerprint density at radius 3 is 1.14 bits per heavy atom. The highest BCUT2D eigenvalue weighted by atomic mass is 28.4. The minimum absolute atomic E-state index is 0.735. The van der Waals surface area contributed by atoms with E-state index < -0.39 is 17.6 Å². The average molecular weight is 517 g/mol. The highest BCUT2D eigenvalue weighted by Crippen LogP contribution is 2.28. The second-order valence-electron chi connectivity index (χ2n) is 8.11. The molecule has 0 spiro atoms. The number of benzene rings is 2. The summed E-state index contributed by atoms with van der Waals surface area (Å²) in [5, 5.41) is 0. The standard InChI is InChI=1S/C27H40O6Si2/c1-28-34(29-2,30-3)21-13-19-26(24-15-9-7-10-16-24)23-27(25-17-11-8-12-18-25)20-14-22-35(31-4,32-5)33-6/h7-12,15-18H,13-14,19-22H2,1-6H3. The fraction of sp³-hybridized carbons (Fsp3) is 0.444. The molecule has 0 aliphatic rings. The summed E-state index contributed by atoms with van der Waals surface area (Å²) in [6.07, 6.45) is 3.40. The van der Waals surface area contributed by atoms with Crippen LogP contribution in [0.4, 0.5) is 0 Å². The van der Waals surface area contributed by atoms with E-state index in [0.717, 1.165) is 60.0 Å². The Balaban J connectivity index is 2.41. The zero-order valence-electron chi connectivity index (χ0n) is 22.0. The van der Waals surface area contributed by atoms with E-state index in [4.69, 9.17) is 26.6 Å². The molecule has 0 unspecified atom stereocenters. The van der Waals surface area contributed by atoms with Crippen LogP contribution >= 0.6 is 0 Å². The van der Waals surface area contributed by atoms with Crippen LogP contribution in [0.15, 0.2) is 66.4 Å². The van der Waals surface area contributed by atoms with Crippen LogP contribution in [0.2, 0.25) is 12.1 Å². The van der Waals surface area contributed by atoms with Gasteiger partial charge in [0.15, 0.2) is 0 Å². The first-order valence-corrected chi connectivity index (χ1v) is 15.8. The first kappa shape index (κ1) is 29.4. The van der Waals surface area contributed by atoms with Crippen molar-refractivity contribution in [3.05, 3.63) is 77.5 Å². The summed E-state index contributed by atoms with van der Waals surface area (Å²) in [7, 11) is 4.68. The summed E-state index contributed by atoms with van der Waals surface area (Å²) < 4.78 is 33.7. The van der Waals surface area contributed by atoms with Crippen molar-refractivity contribution in [2.75, 3.05) is 42.7 Å². The lowest BCUT2D eigenvalue weighted by Crippen LogP contribution is -2.42. The van der Waals surface area contributed by atoms with Crippen molar-refractivity contribution >= 4 is 28.8 Å². The van der Waals surface area contributed by atoms with E-state index in [1.165, 1.54) is 0 Å². The maximum Gasteiger partial charge on any atom is 0.500 e. The topological polar surface area (TPSA) is 55.4 Å². The second-order valence-corrected chi connectivity index (χ2v) is 14.3. The van der Waals surface area contributed by atoms with Crippen molar-refractivity contribution in [2.45, 2.75) is 37.8 Å². The highest BCUT2D eigenvalue weighted by molar-refractivity contribution is 6.60. The normalized spacial score (nSPS) is 11.8. The Hall–Kier alpha value is -1.85. The Bertz CT molecular complexity index is 831. The van der Waals surface area contributed by atoms with Gasteiger partial charge >= 0.3 is 17.6 Å². The van der Waals surface area contributed by atoms with E-state index in [0.29, 0.717) is 0 Å². The van der Waals surface area contributed by atoms with Gasteiger partial charge in [0, 0.05) is 65.9 Å². The second kappa shape index (κ2) is 15.3. The van der Waals surface area contributed by atoms with Gasteiger partial charge in [-0.2, -0.15) is 0 Å². The zero-order chi connectivity index (χ0) is 25.6. The van der Waals surface area contributed by atoms with Crippen LogP contribution in [0.25, 0.3) is 11.1 Å². The van der Waals surface area contributed by atoms with Gasteiger partial charge in [0.25, 0.3) is 0 Å². The molecule has 0 saturated heterocycles. The van der Waals surface area contributed by atoms with Crippen LogP contribution in [0.1, 0.15) is 36.8 Å². The fourth-order valence-corrected chi connectivity index (χ4v) is 7.54. The van der Waals surface area contributed by atoms with Crippen molar-refractivity contribution in [1.29, 1.82) is 0 Å². The van der Waals surface area contributed by atoms with Crippen LogP contribution in [0.3, 0.4) is 0 Å². The van der Waals surface area contributed by atoms with Crippen LogP contribution in [-0.2, 0) is 26.6 Å². The van der Waals surface area contributed by atoms with Crippen molar-refractivity contribution in [3.63, 3.8) is 0 Å². The third-order valence-corrected chi connectivity index (χ3v) is 11.9. The van der Waals surface area contributed by atoms with Crippen molar-refractivity contribution in [2.24, 2.45) is 0 Å². The van der Waals surface area contributed by atoms with Crippen LogP contribution in [0.5, 0.6) is 0 Å². The Labute approximate surface area is 213 Å². The van der Waals surface area contributed by atoms with E-state index in [2.05, 4.69) is 54.3 Å². The lowest BCUT2D eigenvalue weighted by atomic mass is 9.97. The van der Waals surface area contributed by atoms with Crippen LogP contribution < -0.4 is 0 Å². The van der Waals surface area contributed by atoms with Gasteiger partial charge in [0.05, 0.1) is 0 Å². The van der Waals surface area contributed by atoms with Crippen molar-refractivity contribution in [3.8, 4) is 0 Å². The summed E-state index contributed by atoms with van der Waals surface area (Å²) in [5.74, 6) is 0. The molecule has 2 rings (SSSR count). The van der Waals surface area contributed by atoms with Gasteiger partial charge in [-0.15, -0.1) is 5.73 Å². The predicted molar refractivity (Wildman–Crippen MR) is 145 cm³/mol. The maximum atomic E-state index is 5.62. The summed E-state index contributed by atoms with van der Waals surface area (Å²) >= 11 is 0. The molecule has 0 atom stereocenters. The van der Waals surface area contributed by atoms with Gasteiger partial charge in [-0.25, -0.2) is 0 Å². The molecular formula is C27H40O6Si2. The molecule has 0 N–H and O–H groups in total. The molecule has 2 aromatic rings. The number of hydrogen-bond acceptors (Lipinski definition) is 6. The molecular weight excluding hydrogens is 476 g/mol. The van der Waals surface area contributed by atoms with E-state index >= 15 is 0 Å². The fourth-order valence-electron chi connectivity index (χ4n) is 4.09. The first-order chi connectivity index (χ1) is 17.0. The minimum atomic E-state index is -2.63. The average Bonchev–Trinajstić information content (AvgIpc) is 2.93. The first-order valence-electron chi connectivity index (χ1n) is 11.9. The molecule has 0 bridgehead atoms. The van der Waals surface area contributed by atoms with Crippen molar-refractivity contribution < 1.29 is 26.6 Å². The molecule has 0 amide bonds. The molecule has 0 radical (unpaired) electrons. The van der Waals surface area contributed by atoms with Crippen LogP contribution in [-0.4, -0.2) is 60.3 Å². The summed E-state index contributed by atoms with van der Waals surface area (Å²) in [5.41, 5.74) is 8.42. The summed E-state index contributed by atoms with van der Waals surface area (Å²) in [4.78, 5) is 0. The quantitative estimate of drug-likeness (QED) is 0.199. The molecule has 6 nitrogen and oxygen atoms in total. The Morgan fingerprint density at radius 2 is 0.857 bits per heavy atom. The molecule has 0 heterocycles. The molecule has 8 heteroatoms. The molecule has 192 valence electrons. The zero-order valence-corrected chi connectivity index (χ0v) is 24.0. The van der Waals surface area contributed by atoms with Gasteiger partial charge in [-0.1, -0.05) is 60.7 Å². The van der Waals surface area contributed by atoms with Crippen LogP contribution in [0, 0.1) is 0 Å². The predicted octanol–water partition coefficient (Wildman–Crippen LogP) is 6.07. The minimum Gasteiger partial charge on any atom is -0.377 e. The van der Waals surface area contributed by atoms with Gasteiger partial charge in [-0.3, -0.25) is 0 Å². The lowest BCUT2D eigenvalue weighted by Gasteiger charge is -2.24. The summed E-state index contributed by atoms with van der Waals surface area (Å²) in [6.45, 7) is 0. The number of hydrogen-bond donors (Lipinski definition) is 0. The number of rotatable bonds is 16. The summed E-state index contributed by atoms with van der Waals surface area (Å²) in [6, 6.07) is 22.3. The smallest absolute Gasteiger partial charge is 0.377 e. The molecule has 35 heavy (non-hydrogen) atoms. The third kappa shape index (κ3) is 8.64. The molecule has 0 aliphatic carbocycles. The van der Waals surface area contributed by atoms with Gasteiger partial charge < -0.3 is 26.6 Å². The Kier molecular flexibility index (Phi) is 12.9. The number of allylic oxidation sites excluding steroid dienone is 1. The van der Waals surface area contributed by atoms with Crippen molar-refractivity contribution in [1.82, 2.24) is 0 Å². The monoisotopic (exact) mass is 516 g/mol. The molecule has 0 saturated carbocycles. The lowest BCUT2D eigenvalue weighted by molar-refractivity contribution is 0.122. The molecule has 0 aromatic heterocycles. The van der Waals surface area contributed by atoms with E-state index in [9.17, 15) is 0 Å². The third-order valence-electron chi connectivity index (χ3n) is 6.23. The van der Waals surface area contributed by atoms with E-state index in [1.807, 2.05) is 12.1 Å². The van der Waals surface area contributed by atoms with Gasteiger partial charge in [0.2, 0.25) is 0 Å². The largest absolute Gasteiger partial charge is 0.500 e. The molecule has 0 aliphatic heterocycles. The molecule has 0 fully saturated rings. The van der Waals surface area contributed by atoms with E-state index in [-0.39, 0.29) is 0 Å². The maximum absolute atomic E-state index is 5.62. The Morgan fingerprint density at radius 1 is 0.543 bits per heavy atom.